The molecule has 4 rings (SSSR count). The van der Waals surface area contributed by atoms with Gasteiger partial charge >= 0.3 is 0 Å². The van der Waals surface area contributed by atoms with Gasteiger partial charge in [-0.25, -0.2) is 18.2 Å². The van der Waals surface area contributed by atoms with E-state index in [-0.39, 0.29) is 24.1 Å². The molecular formula is C22H24F3N7O. The van der Waals surface area contributed by atoms with E-state index in [1.54, 1.807) is 23.5 Å². The number of benzene rings is 1. The van der Waals surface area contributed by atoms with Gasteiger partial charge < -0.3 is 15.1 Å². The van der Waals surface area contributed by atoms with E-state index in [1.807, 2.05) is 25.7 Å². The molecule has 0 saturated carbocycles. The number of likely N-dealkylation sites (N-methyl/N-ethyl adjacent to an activating group) is 2. The van der Waals surface area contributed by atoms with Crippen LogP contribution in [0.3, 0.4) is 0 Å². The lowest BCUT2D eigenvalue weighted by molar-refractivity contribution is -0.119. The zero-order chi connectivity index (χ0) is 23.7. The first-order chi connectivity index (χ1) is 15.8. The summed E-state index contributed by atoms with van der Waals surface area (Å²) in [5, 5.41) is 7.33. The van der Waals surface area contributed by atoms with Crippen LogP contribution in [0.2, 0.25) is 0 Å². The third-order valence-corrected chi connectivity index (χ3v) is 5.59. The molecule has 1 aliphatic rings. The molecule has 2 aromatic heterocycles. The van der Waals surface area contributed by atoms with Gasteiger partial charge in [0.15, 0.2) is 23.3 Å². The Bertz CT molecular complexity index is 1160. The number of carbonyl (C=O) groups excluding carboxylic acids is 1. The van der Waals surface area contributed by atoms with Gasteiger partial charge in [0.05, 0.1) is 18.9 Å². The zero-order valence-electron chi connectivity index (χ0n) is 18.5. The molecule has 0 spiro atoms. The number of carbonyl (C=O) groups is 1. The topological polar surface area (TPSA) is 79.2 Å². The maximum atomic E-state index is 13.4. The zero-order valence-corrected chi connectivity index (χ0v) is 18.5. The quantitative estimate of drug-likeness (QED) is 0.546. The molecule has 1 atom stereocenters. The SMILES string of the molecule is CCN1C(=O)[C@@H](C)N(CC)c2nc(NCc3cnn(Cc4cc(F)c(F)c(F)c4)c3)ncc21. The van der Waals surface area contributed by atoms with Crippen LogP contribution in [0, 0.1) is 17.5 Å². The fourth-order valence-corrected chi connectivity index (χ4v) is 3.92. The second-order valence-electron chi connectivity index (χ2n) is 7.72. The number of rotatable bonds is 7. The van der Waals surface area contributed by atoms with E-state index in [1.165, 1.54) is 4.68 Å². The lowest BCUT2D eigenvalue weighted by Crippen LogP contribution is -2.52. The number of nitrogens with zero attached hydrogens (tertiary/aromatic N) is 6. The molecule has 1 amide bonds. The predicted molar refractivity (Wildman–Crippen MR) is 118 cm³/mol. The number of hydrogen-bond donors (Lipinski definition) is 1. The van der Waals surface area contributed by atoms with E-state index in [0.717, 1.165) is 17.7 Å². The van der Waals surface area contributed by atoms with Crippen molar-refractivity contribution in [3.63, 3.8) is 0 Å². The van der Waals surface area contributed by atoms with E-state index in [9.17, 15) is 18.0 Å². The van der Waals surface area contributed by atoms with E-state index < -0.39 is 17.5 Å². The summed E-state index contributed by atoms with van der Waals surface area (Å²) in [6.45, 7) is 7.36. The molecule has 1 aromatic carbocycles. The highest BCUT2D eigenvalue weighted by Gasteiger charge is 2.35. The third kappa shape index (κ3) is 4.35. The van der Waals surface area contributed by atoms with Crippen LogP contribution in [0.25, 0.3) is 0 Å². The van der Waals surface area contributed by atoms with Gasteiger partial charge in [-0.3, -0.25) is 9.48 Å². The van der Waals surface area contributed by atoms with Gasteiger partial charge in [-0.2, -0.15) is 10.1 Å². The minimum atomic E-state index is -1.49. The Morgan fingerprint density at radius 2 is 1.79 bits per heavy atom. The van der Waals surface area contributed by atoms with Crippen LogP contribution in [0.1, 0.15) is 31.9 Å². The van der Waals surface area contributed by atoms with Gasteiger partial charge in [-0.05, 0) is 38.5 Å². The van der Waals surface area contributed by atoms with Crippen LogP contribution in [0.5, 0.6) is 0 Å². The summed E-state index contributed by atoms with van der Waals surface area (Å²) in [5.41, 5.74) is 1.74. The first-order valence-electron chi connectivity index (χ1n) is 10.7. The first kappa shape index (κ1) is 22.6. The summed E-state index contributed by atoms with van der Waals surface area (Å²) >= 11 is 0. The Labute approximate surface area is 189 Å². The Morgan fingerprint density at radius 1 is 1.06 bits per heavy atom. The predicted octanol–water partition coefficient (Wildman–Crippen LogP) is 3.33. The Kier molecular flexibility index (Phi) is 6.21. The summed E-state index contributed by atoms with van der Waals surface area (Å²) in [6, 6.07) is 1.58. The van der Waals surface area contributed by atoms with Crippen molar-refractivity contribution in [1.29, 1.82) is 0 Å². The lowest BCUT2D eigenvalue weighted by atomic mass is 10.1. The van der Waals surface area contributed by atoms with Crippen LogP contribution < -0.4 is 15.1 Å². The second-order valence-corrected chi connectivity index (χ2v) is 7.72. The molecular weight excluding hydrogens is 435 g/mol. The average Bonchev–Trinajstić information content (AvgIpc) is 3.24. The number of fused-ring (bicyclic) bond motifs is 1. The Balaban J connectivity index is 1.47. The minimum Gasteiger partial charge on any atom is -0.350 e. The van der Waals surface area contributed by atoms with Gasteiger partial charge in [-0.15, -0.1) is 0 Å². The lowest BCUT2D eigenvalue weighted by Gasteiger charge is -2.39. The Hall–Kier alpha value is -3.63. The smallest absolute Gasteiger partial charge is 0.249 e. The molecule has 3 aromatic rings. The van der Waals surface area contributed by atoms with Crippen molar-refractivity contribution in [3.05, 3.63) is 59.3 Å². The molecule has 0 saturated heterocycles. The number of aromatic nitrogens is 4. The van der Waals surface area contributed by atoms with Crippen molar-refractivity contribution in [1.82, 2.24) is 19.7 Å². The monoisotopic (exact) mass is 459 g/mol. The van der Waals surface area contributed by atoms with Gasteiger partial charge in [0, 0.05) is 31.4 Å². The molecule has 8 nitrogen and oxygen atoms in total. The number of halogens is 3. The molecule has 1 aliphatic heterocycles. The first-order valence-corrected chi connectivity index (χ1v) is 10.7. The maximum Gasteiger partial charge on any atom is 0.249 e. The highest BCUT2D eigenvalue weighted by Crippen LogP contribution is 2.34. The summed E-state index contributed by atoms with van der Waals surface area (Å²) in [4.78, 5) is 25.2. The van der Waals surface area contributed by atoms with Gasteiger partial charge in [0.1, 0.15) is 11.7 Å². The third-order valence-electron chi connectivity index (χ3n) is 5.59. The Morgan fingerprint density at radius 3 is 2.45 bits per heavy atom. The molecule has 11 heteroatoms. The number of hydrogen-bond acceptors (Lipinski definition) is 6. The number of nitrogens with one attached hydrogen (secondary N) is 1. The van der Waals surface area contributed by atoms with Crippen molar-refractivity contribution in [2.75, 3.05) is 28.2 Å². The standard InChI is InChI=1S/C22H24F3N7O/c1-4-31-13(3)21(33)32(5-2)18-10-27-22(29-20(18)31)26-8-15-9-28-30(12-15)11-14-6-16(23)19(25)17(24)7-14/h6-7,9-10,12-13H,4-5,8,11H2,1-3H3,(H,26,27,29)/t13-/m1/s1. The molecule has 174 valence electrons. The summed E-state index contributed by atoms with van der Waals surface area (Å²) in [7, 11) is 0. The maximum absolute atomic E-state index is 13.4. The molecule has 0 bridgehead atoms. The number of anilines is 3. The van der Waals surface area contributed by atoms with Crippen LogP contribution in [-0.4, -0.2) is 44.8 Å². The fourth-order valence-electron chi connectivity index (χ4n) is 3.92. The second kappa shape index (κ2) is 9.08. The van der Waals surface area contributed by atoms with Crippen molar-refractivity contribution >= 4 is 23.4 Å². The minimum absolute atomic E-state index is 0.0180. The molecule has 1 N–H and O–H groups in total. The van der Waals surface area contributed by atoms with E-state index in [2.05, 4.69) is 20.4 Å². The molecule has 0 radical (unpaired) electrons. The highest BCUT2D eigenvalue weighted by atomic mass is 19.2. The summed E-state index contributed by atoms with van der Waals surface area (Å²) in [5.74, 6) is -2.84. The van der Waals surface area contributed by atoms with Crippen LogP contribution >= 0.6 is 0 Å². The van der Waals surface area contributed by atoms with Crippen molar-refractivity contribution in [2.24, 2.45) is 0 Å². The summed E-state index contributed by atoms with van der Waals surface area (Å²) in [6.07, 6.45) is 4.96. The molecule has 0 fully saturated rings. The molecule has 0 unspecified atom stereocenters. The summed E-state index contributed by atoms with van der Waals surface area (Å²) < 4.78 is 41.5. The molecule has 33 heavy (non-hydrogen) atoms. The fraction of sp³-hybridized carbons (Fsp3) is 0.364. The van der Waals surface area contributed by atoms with Crippen molar-refractivity contribution < 1.29 is 18.0 Å². The van der Waals surface area contributed by atoms with Gasteiger partial charge in [0.25, 0.3) is 0 Å². The van der Waals surface area contributed by atoms with E-state index in [0.29, 0.717) is 37.1 Å². The molecule has 0 aliphatic carbocycles. The van der Waals surface area contributed by atoms with Crippen LogP contribution in [-0.2, 0) is 17.9 Å². The van der Waals surface area contributed by atoms with Crippen molar-refractivity contribution in [2.45, 2.75) is 39.9 Å². The van der Waals surface area contributed by atoms with Gasteiger partial charge in [-0.1, -0.05) is 0 Å². The van der Waals surface area contributed by atoms with Gasteiger partial charge in [0.2, 0.25) is 11.9 Å². The van der Waals surface area contributed by atoms with Crippen molar-refractivity contribution in [3.8, 4) is 0 Å². The van der Waals surface area contributed by atoms with Crippen LogP contribution in [0.15, 0.2) is 30.7 Å². The van der Waals surface area contributed by atoms with Crippen LogP contribution in [0.4, 0.5) is 30.6 Å². The van der Waals surface area contributed by atoms with E-state index >= 15 is 0 Å². The highest BCUT2D eigenvalue weighted by molar-refractivity contribution is 6.04. The largest absolute Gasteiger partial charge is 0.350 e. The van der Waals surface area contributed by atoms with E-state index in [4.69, 9.17) is 0 Å². The molecule has 3 heterocycles. The normalized spacial score (nSPS) is 15.7. The average molecular weight is 459 g/mol. The number of amides is 1.